The Kier molecular flexibility index (Phi) is 14.2. The number of carbonyl (C=O) groups is 4. The Bertz CT molecular complexity index is 1910. The fourth-order valence-electron chi connectivity index (χ4n) is 7.18. The van der Waals surface area contributed by atoms with E-state index in [9.17, 15) is 36.4 Å². The number of aromatic nitrogens is 2. The molecule has 2 heterocycles. The molecule has 4 aliphatic rings. The van der Waals surface area contributed by atoms with Crippen LogP contribution in [0, 0.1) is 23.7 Å². The summed E-state index contributed by atoms with van der Waals surface area (Å²) in [5.74, 6) is -2.23. The maximum atomic E-state index is 14.1. The molecule has 0 bridgehead atoms. The Morgan fingerprint density at radius 1 is 1.05 bits per heavy atom. The lowest BCUT2D eigenvalue weighted by atomic mass is 9.98. The van der Waals surface area contributed by atoms with Gasteiger partial charge in [0, 0.05) is 22.7 Å². The van der Waals surface area contributed by atoms with Crippen molar-refractivity contribution < 1.29 is 55.2 Å². The molecular formula is C39H62F2N6O9S. The number of ether oxygens (including phenoxy) is 2. The molecule has 6 rings (SSSR count). The highest BCUT2D eigenvalue weighted by molar-refractivity contribution is 7.91. The molecule has 2 aromatic rings. The van der Waals surface area contributed by atoms with Crippen LogP contribution >= 0.6 is 0 Å². The molecular weight excluding hydrogens is 767 g/mol. The Labute approximate surface area is 336 Å². The first kappa shape index (κ1) is 43.8. The summed E-state index contributed by atoms with van der Waals surface area (Å²) in [5, 5.41) is 12.9. The average Bonchev–Trinajstić information content (AvgIpc) is 4.02. The predicted molar refractivity (Wildman–Crippen MR) is 213 cm³/mol. The predicted octanol–water partition coefficient (Wildman–Crippen LogP) is 5.55. The van der Waals surface area contributed by atoms with Crippen molar-refractivity contribution in [2.45, 2.75) is 128 Å². The molecule has 5 atom stereocenters. The second-order valence-electron chi connectivity index (χ2n) is 16.4. The number of fused-ring (bicyclic) bond motifs is 1. The van der Waals surface area contributed by atoms with Crippen LogP contribution in [0.25, 0.3) is 11.0 Å². The standard InChI is InChI=1S/C35H46F2N6O9S.C4H10.3H2/c1-19-27(52-32-25(7-5-3-4-6-20-8-9-20)39-24-13-10-22(51-2)15-26(24)40-32)18-43(29(44)17-38-34(47)48)30(19)31(45)41-35(16-21(35)14-28(36)37)33(46)42-53(49,50)23-11-12-23;1-4(2)3;;;/h10,13,15,19-21,23,27-28,30,38H,3-9,11-12,14,16-18H2,1-2H3,(H,41,45)(H,42,46)(H,47,48);4H,1-3H3;3*1H/t19-,21-,27+,30+,35-;;;;/m1..../s1. The first-order valence-electron chi connectivity index (χ1n) is 19.9. The van der Waals surface area contributed by atoms with E-state index in [-0.39, 0.29) is 23.1 Å². The lowest BCUT2D eigenvalue weighted by Crippen LogP contribution is -2.58. The molecule has 1 aliphatic heterocycles. The van der Waals surface area contributed by atoms with Crippen LogP contribution in [0.4, 0.5) is 13.6 Å². The number of benzene rings is 1. The summed E-state index contributed by atoms with van der Waals surface area (Å²) >= 11 is 0. The highest BCUT2D eigenvalue weighted by atomic mass is 32.2. The second kappa shape index (κ2) is 18.5. The van der Waals surface area contributed by atoms with Gasteiger partial charge in [0.2, 0.25) is 34.1 Å². The highest BCUT2D eigenvalue weighted by Crippen LogP contribution is 2.48. The van der Waals surface area contributed by atoms with Crippen molar-refractivity contribution >= 4 is 44.9 Å². The second-order valence-corrected chi connectivity index (χ2v) is 18.4. The number of sulfonamides is 1. The third-order valence-electron chi connectivity index (χ3n) is 10.7. The number of carboxylic acid groups (broad SMARTS) is 1. The maximum absolute atomic E-state index is 14.1. The number of methoxy groups -OCH3 is 1. The van der Waals surface area contributed by atoms with E-state index < -0.39 is 88.0 Å². The van der Waals surface area contributed by atoms with Gasteiger partial charge in [0.15, 0.2) is 0 Å². The van der Waals surface area contributed by atoms with Crippen LogP contribution in [0.2, 0.25) is 0 Å². The molecule has 3 saturated carbocycles. The van der Waals surface area contributed by atoms with Gasteiger partial charge in [0.05, 0.1) is 29.9 Å². The SMILES string of the molecule is CC(C)C.COc1ccc2nc(CCCCCC3CC3)c(O[C@H]3CN(C(=O)CNC(=O)O)[C@H](C(=O)N[C@]4(C(=O)NS(=O)(=O)C5CC5)C[C@H]4CC(F)F)[C@@H]3C)nc2c1.[HH].[HH].[HH]. The summed E-state index contributed by atoms with van der Waals surface area (Å²) < 4.78 is 66.1. The van der Waals surface area contributed by atoms with Crippen LogP contribution in [-0.4, -0.2) is 102 Å². The maximum Gasteiger partial charge on any atom is 0.405 e. The van der Waals surface area contributed by atoms with Crippen molar-refractivity contribution in [2.24, 2.45) is 23.7 Å². The van der Waals surface area contributed by atoms with E-state index in [0.29, 0.717) is 41.7 Å². The lowest BCUT2D eigenvalue weighted by Gasteiger charge is -2.28. The molecule has 15 nitrogen and oxygen atoms in total. The summed E-state index contributed by atoms with van der Waals surface area (Å²) in [6.07, 6.45) is 1.77. The average molecular weight is 829 g/mol. The number of alkyl halides is 2. The largest absolute Gasteiger partial charge is 0.497 e. The summed E-state index contributed by atoms with van der Waals surface area (Å²) in [7, 11) is -2.55. The number of hydrogen-bond donors (Lipinski definition) is 4. The van der Waals surface area contributed by atoms with Crippen molar-refractivity contribution in [1.29, 1.82) is 0 Å². The van der Waals surface area contributed by atoms with E-state index in [2.05, 4.69) is 26.1 Å². The number of amides is 4. The lowest BCUT2D eigenvalue weighted by molar-refractivity contribution is -0.140. The fourth-order valence-corrected chi connectivity index (χ4v) is 8.54. The van der Waals surface area contributed by atoms with Crippen molar-refractivity contribution in [3.8, 4) is 11.6 Å². The Balaban J connectivity index is 0.00000170. The first-order chi connectivity index (χ1) is 26.9. The minimum absolute atomic E-state index is 0. The Morgan fingerprint density at radius 3 is 2.37 bits per heavy atom. The molecule has 4 fully saturated rings. The molecule has 0 unspecified atom stereocenters. The van der Waals surface area contributed by atoms with Gasteiger partial charge in [-0.25, -0.2) is 32.0 Å². The smallest absolute Gasteiger partial charge is 0.405 e. The van der Waals surface area contributed by atoms with E-state index in [1.165, 1.54) is 26.4 Å². The van der Waals surface area contributed by atoms with Crippen molar-refractivity contribution in [2.75, 3.05) is 20.2 Å². The third-order valence-corrected chi connectivity index (χ3v) is 12.5. The van der Waals surface area contributed by atoms with E-state index in [1.807, 2.05) is 10.0 Å². The molecule has 1 saturated heterocycles. The van der Waals surface area contributed by atoms with Gasteiger partial charge in [-0.3, -0.25) is 19.1 Å². The van der Waals surface area contributed by atoms with Crippen LogP contribution in [0.15, 0.2) is 18.2 Å². The number of hydrogen-bond acceptors (Lipinski definition) is 10. The minimum Gasteiger partial charge on any atom is -0.497 e. The minimum atomic E-state index is -4.07. The number of aryl methyl sites for hydroxylation is 1. The molecule has 1 aromatic heterocycles. The third kappa shape index (κ3) is 11.6. The number of nitrogens with one attached hydrogen (secondary N) is 3. The van der Waals surface area contributed by atoms with Crippen LogP contribution in [-0.2, 0) is 30.8 Å². The van der Waals surface area contributed by atoms with Crippen molar-refractivity contribution in [3.05, 3.63) is 23.9 Å². The molecule has 0 spiro atoms. The van der Waals surface area contributed by atoms with Crippen molar-refractivity contribution in [3.63, 3.8) is 0 Å². The molecule has 1 aromatic carbocycles. The number of nitrogens with zero attached hydrogens (tertiary/aromatic N) is 3. The molecule has 4 N–H and O–H groups in total. The zero-order valence-electron chi connectivity index (χ0n) is 33.3. The van der Waals surface area contributed by atoms with Gasteiger partial charge in [-0.1, -0.05) is 59.8 Å². The number of halogens is 2. The first-order valence-corrected chi connectivity index (χ1v) is 21.4. The van der Waals surface area contributed by atoms with Gasteiger partial charge < -0.3 is 30.1 Å². The van der Waals surface area contributed by atoms with Crippen molar-refractivity contribution in [1.82, 2.24) is 30.2 Å². The molecule has 322 valence electrons. The highest BCUT2D eigenvalue weighted by Gasteiger charge is 2.64. The monoisotopic (exact) mass is 828 g/mol. The van der Waals surface area contributed by atoms with Gasteiger partial charge >= 0.3 is 6.09 Å². The van der Waals surface area contributed by atoms with E-state index in [0.717, 1.165) is 36.0 Å². The summed E-state index contributed by atoms with van der Waals surface area (Å²) in [5.41, 5.74) is -0.254. The molecule has 4 amide bonds. The molecule has 18 heteroatoms. The number of likely N-dealkylation sites (tertiary alicyclic amines) is 1. The quantitative estimate of drug-likeness (QED) is 0.137. The van der Waals surface area contributed by atoms with Gasteiger partial charge in [0.25, 0.3) is 5.91 Å². The van der Waals surface area contributed by atoms with E-state index in [1.54, 1.807) is 25.1 Å². The van der Waals surface area contributed by atoms with Gasteiger partial charge in [-0.05, 0) is 62.0 Å². The van der Waals surface area contributed by atoms with Gasteiger partial charge in [0.1, 0.15) is 35.7 Å². The van der Waals surface area contributed by atoms with E-state index in [4.69, 9.17) is 24.5 Å². The van der Waals surface area contributed by atoms with Crippen LogP contribution < -0.4 is 24.8 Å². The number of carbonyl (C=O) groups excluding carboxylic acids is 3. The summed E-state index contributed by atoms with van der Waals surface area (Å²) in [6, 6.07) is 3.92. The molecule has 3 aliphatic carbocycles. The zero-order valence-corrected chi connectivity index (χ0v) is 34.1. The molecule has 57 heavy (non-hydrogen) atoms. The Hall–Kier alpha value is -4.35. The van der Waals surface area contributed by atoms with Gasteiger partial charge in [-0.15, -0.1) is 0 Å². The van der Waals surface area contributed by atoms with Crippen LogP contribution in [0.5, 0.6) is 11.6 Å². The number of unbranched alkanes of at least 4 members (excludes halogenated alkanes) is 2. The Morgan fingerprint density at radius 2 is 1.75 bits per heavy atom. The van der Waals surface area contributed by atoms with Crippen LogP contribution in [0.1, 0.15) is 102 Å². The normalized spacial score (nSPS) is 24.1. The topological polar surface area (TPSA) is 206 Å². The van der Waals surface area contributed by atoms with E-state index >= 15 is 0 Å². The zero-order chi connectivity index (χ0) is 41.7. The summed E-state index contributed by atoms with van der Waals surface area (Å²) in [6.45, 7) is 7.27. The fraction of sp³-hybridized carbons (Fsp3) is 0.692. The number of rotatable bonds is 18. The van der Waals surface area contributed by atoms with Crippen LogP contribution in [0.3, 0.4) is 0 Å². The molecule has 0 radical (unpaired) electrons. The van der Waals surface area contributed by atoms with Gasteiger partial charge in [-0.2, -0.15) is 0 Å². The summed E-state index contributed by atoms with van der Waals surface area (Å²) in [4.78, 5) is 62.9.